The van der Waals surface area contributed by atoms with E-state index in [4.69, 9.17) is 9.97 Å². The van der Waals surface area contributed by atoms with Crippen LogP contribution in [0.4, 0.5) is 0 Å². The molecule has 1 saturated heterocycles. The highest BCUT2D eigenvalue weighted by atomic mass is 16.2. The number of aromatic amines is 2. The minimum atomic E-state index is -0.347. The largest absolute Gasteiger partial charge is 0.341 e. The number of likely N-dealkylation sites (N-methyl/N-ethyl adjacent to an activating group) is 1. The predicted octanol–water partition coefficient (Wildman–Crippen LogP) is 9.22. The third kappa shape index (κ3) is 8.41. The van der Waals surface area contributed by atoms with E-state index in [0.717, 1.165) is 108 Å². The topological polar surface area (TPSA) is 101 Å². The average molecular weight is 760 g/mol. The number of ketones is 1. The third-order valence-corrected chi connectivity index (χ3v) is 11.7. The Kier molecular flexibility index (Phi) is 11.6. The fourth-order valence-electron chi connectivity index (χ4n) is 8.53. The van der Waals surface area contributed by atoms with Crippen molar-refractivity contribution in [1.29, 1.82) is 0 Å². The van der Waals surface area contributed by atoms with Crippen LogP contribution in [0.15, 0.2) is 122 Å². The lowest BCUT2D eigenvalue weighted by atomic mass is 10.0. The van der Waals surface area contributed by atoms with Gasteiger partial charge in [0.05, 0.1) is 48.3 Å². The van der Waals surface area contributed by atoms with Crippen LogP contribution in [0.2, 0.25) is 0 Å². The first-order valence-electron chi connectivity index (χ1n) is 20.5. The second-order valence-corrected chi connectivity index (χ2v) is 15.8. The lowest BCUT2D eigenvalue weighted by Gasteiger charge is -2.34. The molecule has 6 aromatic rings. The van der Waals surface area contributed by atoms with Crippen molar-refractivity contribution in [3.8, 4) is 33.6 Å². The van der Waals surface area contributed by atoms with E-state index in [9.17, 15) is 9.59 Å². The molecule has 1 aliphatic heterocycles. The molecule has 4 atom stereocenters. The summed E-state index contributed by atoms with van der Waals surface area (Å²) in [6.07, 6.45) is 9.96. The molecule has 0 spiro atoms. The van der Waals surface area contributed by atoms with Crippen molar-refractivity contribution in [3.63, 3.8) is 0 Å². The number of benzene rings is 4. The number of nitrogens with one attached hydrogen (secondary N) is 2. The fraction of sp³-hybridized carbons (Fsp3) is 0.333. The van der Waals surface area contributed by atoms with Crippen LogP contribution in [0.1, 0.15) is 86.2 Å². The summed E-state index contributed by atoms with van der Waals surface area (Å²) in [5.41, 5.74) is 8.38. The van der Waals surface area contributed by atoms with Gasteiger partial charge in [0.15, 0.2) is 5.78 Å². The molecule has 1 saturated carbocycles. The van der Waals surface area contributed by atoms with E-state index in [1.54, 1.807) is 0 Å². The molecule has 4 aromatic carbocycles. The van der Waals surface area contributed by atoms with Gasteiger partial charge in [0.1, 0.15) is 17.7 Å². The zero-order valence-corrected chi connectivity index (χ0v) is 33.3. The lowest BCUT2D eigenvalue weighted by molar-refractivity contribution is -0.139. The average Bonchev–Trinajstić information content (AvgIpc) is 3.49. The maximum Gasteiger partial charge on any atom is 0.245 e. The van der Waals surface area contributed by atoms with Gasteiger partial charge in [-0.1, -0.05) is 135 Å². The van der Waals surface area contributed by atoms with Crippen molar-refractivity contribution in [2.45, 2.75) is 76.0 Å². The molecule has 2 N–H and O–H groups in total. The summed E-state index contributed by atoms with van der Waals surface area (Å²) in [6, 6.07) is 36.8. The normalized spacial score (nSPS) is 18.9. The summed E-state index contributed by atoms with van der Waals surface area (Å²) in [5, 5.41) is 0. The van der Waals surface area contributed by atoms with E-state index in [0.29, 0.717) is 12.3 Å². The molecule has 2 unspecified atom stereocenters. The lowest BCUT2D eigenvalue weighted by Crippen LogP contribution is -2.42. The quantitative estimate of drug-likeness (QED) is 0.115. The minimum Gasteiger partial charge on any atom is -0.341 e. The molecule has 9 nitrogen and oxygen atoms in total. The number of imidazole rings is 2. The number of hydrogen-bond donors (Lipinski definition) is 2. The summed E-state index contributed by atoms with van der Waals surface area (Å²) in [4.78, 5) is 50.3. The number of likely N-dealkylation sites (tertiary alicyclic amines) is 1. The number of carbonyl (C=O) groups excluding carboxylic acids is 2. The van der Waals surface area contributed by atoms with Gasteiger partial charge >= 0.3 is 0 Å². The Hall–Kier alpha value is -5.64. The van der Waals surface area contributed by atoms with E-state index in [-0.39, 0.29) is 30.0 Å². The molecule has 2 aliphatic rings. The summed E-state index contributed by atoms with van der Waals surface area (Å²) in [5.74, 6) is 2.09. The predicted molar refractivity (Wildman–Crippen MR) is 226 cm³/mol. The number of nitrogens with zero attached hydrogens (tertiary/aromatic N) is 5. The number of Topliss-reactive ketones (excluding diaryl/α,β-unsaturated/α-hetero) is 1. The SMILES string of the molecule is CCCCN(Cc1ncc(-c2ccc(-c3ccc(-c4cnc([C@@H]5CCCCCN5C(=O)[C@@H](c5ccccc5)N(C)C)[nH]4)cc3)cc2)[nH]1)C1C(=O)C1c1ccccc1. The highest BCUT2D eigenvalue weighted by Gasteiger charge is 2.53. The number of unbranched alkanes of at least 4 members (excludes halogenated alkanes) is 1. The molecule has 0 bridgehead atoms. The Balaban J connectivity index is 0.930. The number of H-pyrrole nitrogens is 2. The maximum atomic E-state index is 14.2. The molecule has 2 aromatic heterocycles. The van der Waals surface area contributed by atoms with E-state index < -0.39 is 0 Å². The molecule has 292 valence electrons. The second-order valence-electron chi connectivity index (χ2n) is 15.8. The first kappa shape index (κ1) is 38.2. The van der Waals surface area contributed by atoms with E-state index in [2.05, 4.69) is 87.4 Å². The van der Waals surface area contributed by atoms with Crippen LogP contribution in [0.5, 0.6) is 0 Å². The zero-order chi connectivity index (χ0) is 39.3. The van der Waals surface area contributed by atoms with Gasteiger partial charge in [-0.15, -0.1) is 0 Å². The van der Waals surface area contributed by atoms with Crippen LogP contribution in [-0.4, -0.2) is 79.6 Å². The number of aromatic nitrogens is 4. The summed E-state index contributed by atoms with van der Waals surface area (Å²) in [7, 11) is 3.95. The highest BCUT2D eigenvalue weighted by Crippen LogP contribution is 2.41. The minimum absolute atomic E-state index is 0.0491. The fourth-order valence-corrected chi connectivity index (χ4v) is 8.53. The molecule has 1 amide bonds. The first-order chi connectivity index (χ1) is 27.9. The van der Waals surface area contributed by atoms with Crippen molar-refractivity contribution in [2.75, 3.05) is 27.2 Å². The van der Waals surface area contributed by atoms with E-state index in [1.165, 1.54) is 0 Å². The number of carbonyl (C=O) groups is 2. The van der Waals surface area contributed by atoms with E-state index in [1.807, 2.05) is 79.9 Å². The summed E-state index contributed by atoms with van der Waals surface area (Å²) < 4.78 is 0. The highest BCUT2D eigenvalue weighted by molar-refractivity contribution is 6.08. The van der Waals surface area contributed by atoms with Crippen molar-refractivity contribution in [3.05, 3.63) is 144 Å². The van der Waals surface area contributed by atoms with Crippen molar-refractivity contribution >= 4 is 11.7 Å². The molecule has 0 radical (unpaired) electrons. The van der Waals surface area contributed by atoms with Crippen molar-refractivity contribution in [1.82, 2.24) is 34.6 Å². The number of amides is 1. The number of hydrogen-bond acceptors (Lipinski definition) is 6. The van der Waals surface area contributed by atoms with Gasteiger partial charge in [0.2, 0.25) is 5.91 Å². The van der Waals surface area contributed by atoms with Crippen LogP contribution >= 0.6 is 0 Å². The third-order valence-electron chi connectivity index (χ3n) is 11.7. The molecule has 9 heteroatoms. The zero-order valence-electron chi connectivity index (χ0n) is 33.3. The standard InChI is InChI=1S/C48H53N7O2/c1-4-5-28-54(45-43(46(45)56)37-15-9-6-10-16-37)32-42-49-30-39(51-42)35-24-20-33(21-25-35)34-22-26-36(27-23-34)40-31-50-47(52-40)41-19-13-8-14-29-55(41)48(57)44(53(2)3)38-17-11-7-12-18-38/h6-7,9-12,15-18,20-27,30-31,41,43-45H,4-5,8,13-14,19,28-29,32H2,1-3H3,(H,49,51)(H,50,52)/t41-,43?,44+,45?/m0/s1. The molecule has 8 rings (SSSR count). The molecule has 1 aliphatic carbocycles. The van der Waals surface area contributed by atoms with Gasteiger partial charge in [-0.3, -0.25) is 19.4 Å². The van der Waals surface area contributed by atoms with Crippen molar-refractivity contribution in [2.24, 2.45) is 0 Å². The Labute approximate surface area is 336 Å². The molecule has 3 heterocycles. The monoisotopic (exact) mass is 759 g/mol. The van der Waals surface area contributed by atoms with Crippen LogP contribution < -0.4 is 0 Å². The van der Waals surface area contributed by atoms with Gasteiger partial charge in [-0.2, -0.15) is 0 Å². The summed E-state index contributed by atoms with van der Waals surface area (Å²) >= 11 is 0. The van der Waals surface area contributed by atoms with Gasteiger partial charge in [-0.25, -0.2) is 9.97 Å². The Bertz CT molecular complexity index is 2250. The van der Waals surface area contributed by atoms with Crippen LogP contribution in [0, 0.1) is 0 Å². The van der Waals surface area contributed by atoms with Gasteiger partial charge in [-0.05, 0) is 73.3 Å². The van der Waals surface area contributed by atoms with E-state index >= 15 is 0 Å². The maximum absolute atomic E-state index is 14.2. The van der Waals surface area contributed by atoms with Crippen LogP contribution in [0.25, 0.3) is 33.6 Å². The van der Waals surface area contributed by atoms with Crippen molar-refractivity contribution < 1.29 is 9.59 Å². The van der Waals surface area contributed by atoms with Crippen LogP contribution in [-0.2, 0) is 16.1 Å². The molecular formula is C48H53N7O2. The summed E-state index contributed by atoms with van der Waals surface area (Å²) in [6.45, 7) is 4.39. The van der Waals surface area contributed by atoms with Gasteiger partial charge in [0, 0.05) is 6.54 Å². The van der Waals surface area contributed by atoms with Gasteiger partial charge in [0.25, 0.3) is 0 Å². The molecule has 2 fully saturated rings. The Morgan fingerprint density at radius 3 is 2.04 bits per heavy atom. The first-order valence-corrected chi connectivity index (χ1v) is 20.5. The van der Waals surface area contributed by atoms with Crippen LogP contribution in [0.3, 0.4) is 0 Å². The Morgan fingerprint density at radius 1 is 0.772 bits per heavy atom. The van der Waals surface area contributed by atoms with Gasteiger partial charge < -0.3 is 14.9 Å². The number of rotatable bonds is 14. The molecule has 57 heavy (non-hydrogen) atoms. The molecular weight excluding hydrogens is 707 g/mol. The Morgan fingerprint density at radius 2 is 1.39 bits per heavy atom. The smallest absolute Gasteiger partial charge is 0.245 e. The second kappa shape index (κ2) is 17.2.